The van der Waals surface area contributed by atoms with E-state index in [9.17, 15) is 4.79 Å². The van der Waals surface area contributed by atoms with Crippen LogP contribution in [0.25, 0.3) is 0 Å². The van der Waals surface area contributed by atoms with Crippen LogP contribution >= 0.6 is 15.9 Å². The molecule has 1 fully saturated rings. The molecule has 0 aliphatic carbocycles. The summed E-state index contributed by atoms with van der Waals surface area (Å²) < 4.78 is 11.9. The first-order valence-corrected chi connectivity index (χ1v) is 9.46. The van der Waals surface area contributed by atoms with Crippen LogP contribution < -0.4 is 0 Å². The summed E-state index contributed by atoms with van der Waals surface area (Å²) in [6.45, 7) is 5.86. The summed E-state index contributed by atoms with van der Waals surface area (Å²) in [5.74, 6) is -0.188. The van der Waals surface area contributed by atoms with Crippen LogP contribution in [-0.2, 0) is 14.3 Å². The van der Waals surface area contributed by atoms with Gasteiger partial charge in [0, 0.05) is 11.8 Å². The van der Waals surface area contributed by atoms with Crippen molar-refractivity contribution in [2.75, 3.05) is 0 Å². The molecule has 1 heterocycles. The summed E-state index contributed by atoms with van der Waals surface area (Å²) in [7, 11) is 0. The molecule has 0 aromatic carbocycles. The van der Waals surface area contributed by atoms with E-state index >= 15 is 0 Å². The van der Waals surface area contributed by atoms with Crippen LogP contribution in [0, 0.1) is 0 Å². The van der Waals surface area contributed by atoms with Crippen LogP contribution in [0.5, 0.6) is 0 Å². The van der Waals surface area contributed by atoms with Crippen LogP contribution in [0.3, 0.4) is 0 Å². The molecule has 0 spiro atoms. The van der Waals surface area contributed by atoms with Crippen molar-refractivity contribution in [1.82, 2.24) is 0 Å². The zero-order chi connectivity index (χ0) is 15.7. The van der Waals surface area contributed by atoms with Gasteiger partial charge in [-0.1, -0.05) is 55.5 Å². The van der Waals surface area contributed by atoms with E-state index in [-0.39, 0.29) is 24.3 Å². The summed E-state index contributed by atoms with van der Waals surface area (Å²) in [6.07, 6.45) is 10.1. The lowest BCUT2D eigenvalue weighted by atomic mass is 10.0. The SMILES string of the molecule is CCCCC[C@H](OC(C)=O)[C@@H]1CCCC[C@H](C(Br)CC)O1. The van der Waals surface area contributed by atoms with E-state index in [2.05, 4.69) is 29.8 Å². The number of hydrogen-bond donors (Lipinski definition) is 0. The Morgan fingerprint density at radius 2 is 1.90 bits per heavy atom. The second-order valence-electron chi connectivity index (χ2n) is 6.07. The molecule has 1 unspecified atom stereocenters. The minimum atomic E-state index is -0.188. The number of rotatable bonds is 8. The largest absolute Gasteiger partial charge is 0.460 e. The molecule has 124 valence electrons. The van der Waals surface area contributed by atoms with Crippen molar-refractivity contribution in [3.05, 3.63) is 0 Å². The van der Waals surface area contributed by atoms with Gasteiger partial charge in [0.2, 0.25) is 0 Å². The van der Waals surface area contributed by atoms with Crippen molar-refractivity contribution in [2.24, 2.45) is 0 Å². The van der Waals surface area contributed by atoms with Gasteiger partial charge < -0.3 is 9.47 Å². The quantitative estimate of drug-likeness (QED) is 0.346. The van der Waals surface area contributed by atoms with Gasteiger partial charge in [0.1, 0.15) is 6.10 Å². The fraction of sp³-hybridized carbons (Fsp3) is 0.941. The van der Waals surface area contributed by atoms with Gasteiger partial charge in [-0.2, -0.15) is 0 Å². The van der Waals surface area contributed by atoms with Crippen molar-refractivity contribution in [2.45, 2.75) is 102 Å². The van der Waals surface area contributed by atoms with E-state index in [4.69, 9.17) is 9.47 Å². The molecule has 1 aliphatic heterocycles. The molecule has 3 nitrogen and oxygen atoms in total. The van der Waals surface area contributed by atoms with Crippen LogP contribution in [0.15, 0.2) is 0 Å². The molecule has 0 N–H and O–H groups in total. The minimum absolute atomic E-state index is 0.0601. The second kappa shape index (κ2) is 10.6. The highest BCUT2D eigenvalue weighted by atomic mass is 79.9. The Bertz CT molecular complexity index is 296. The molecule has 0 aromatic rings. The highest BCUT2D eigenvalue weighted by Crippen LogP contribution is 2.29. The first kappa shape index (κ1) is 19.0. The zero-order valence-electron chi connectivity index (χ0n) is 13.8. The van der Waals surface area contributed by atoms with Crippen molar-refractivity contribution >= 4 is 21.9 Å². The first-order valence-electron chi connectivity index (χ1n) is 8.55. The van der Waals surface area contributed by atoms with E-state index in [1.54, 1.807) is 0 Å². The highest BCUT2D eigenvalue weighted by Gasteiger charge is 2.31. The second-order valence-corrected chi connectivity index (χ2v) is 7.24. The van der Waals surface area contributed by atoms with Crippen molar-refractivity contribution in [3.8, 4) is 0 Å². The van der Waals surface area contributed by atoms with Crippen LogP contribution in [0.2, 0.25) is 0 Å². The monoisotopic (exact) mass is 362 g/mol. The van der Waals surface area contributed by atoms with Gasteiger partial charge in [-0.15, -0.1) is 0 Å². The average Bonchev–Trinajstić information content (AvgIpc) is 2.71. The third-order valence-electron chi connectivity index (χ3n) is 4.19. The number of carbonyl (C=O) groups excluding carboxylic acids is 1. The molecule has 4 atom stereocenters. The molecular formula is C17H31BrO3. The molecule has 0 saturated carbocycles. The maximum atomic E-state index is 11.4. The minimum Gasteiger partial charge on any atom is -0.460 e. The van der Waals surface area contributed by atoms with Gasteiger partial charge >= 0.3 is 5.97 Å². The molecule has 1 aliphatic rings. The predicted octanol–water partition coefficient (Wildman–Crippen LogP) is 5.00. The standard InChI is InChI=1S/C17H31BrO3/c1-4-6-7-11-16(20-13(3)19)17-12-9-8-10-15(21-17)14(18)5-2/h14-17H,4-12H2,1-3H3/t14?,15-,16+,17+/m1/s1. The summed E-state index contributed by atoms with van der Waals surface area (Å²) in [4.78, 5) is 11.8. The number of esters is 1. The van der Waals surface area contributed by atoms with Gasteiger partial charge in [-0.25, -0.2) is 0 Å². The molecular weight excluding hydrogens is 332 g/mol. The van der Waals surface area contributed by atoms with Gasteiger partial charge in [0.25, 0.3) is 0 Å². The Morgan fingerprint density at radius 1 is 1.24 bits per heavy atom. The van der Waals surface area contributed by atoms with Gasteiger partial charge in [0.15, 0.2) is 0 Å². The molecule has 21 heavy (non-hydrogen) atoms. The summed E-state index contributed by atoms with van der Waals surface area (Å²) in [6, 6.07) is 0. The molecule has 0 amide bonds. The van der Waals surface area contributed by atoms with Crippen molar-refractivity contribution < 1.29 is 14.3 Å². The number of unbranched alkanes of at least 4 members (excludes halogenated alkanes) is 2. The molecule has 1 rings (SSSR count). The highest BCUT2D eigenvalue weighted by molar-refractivity contribution is 9.09. The maximum absolute atomic E-state index is 11.4. The maximum Gasteiger partial charge on any atom is 0.302 e. The Hall–Kier alpha value is -0.0900. The summed E-state index contributed by atoms with van der Waals surface area (Å²) >= 11 is 3.73. The predicted molar refractivity (Wildman–Crippen MR) is 89.8 cm³/mol. The van der Waals surface area contributed by atoms with Gasteiger partial charge in [0.05, 0.1) is 12.2 Å². The fourth-order valence-electron chi connectivity index (χ4n) is 2.98. The Balaban J connectivity index is 2.65. The van der Waals surface area contributed by atoms with Crippen LogP contribution in [0.4, 0.5) is 0 Å². The smallest absolute Gasteiger partial charge is 0.302 e. The number of carbonyl (C=O) groups is 1. The van der Waals surface area contributed by atoms with Gasteiger partial charge in [-0.05, 0) is 32.1 Å². The van der Waals surface area contributed by atoms with Crippen molar-refractivity contribution in [3.63, 3.8) is 0 Å². The molecule has 0 aromatic heterocycles. The Morgan fingerprint density at radius 3 is 2.48 bits per heavy atom. The lowest BCUT2D eigenvalue weighted by molar-refractivity contribution is -0.159. The first-order chi connectivity index (χ1) is 10.1. The zero-order valence-corrected chi connectivity index (χ0v) is 15.4. The normalized spacial score (nSPS) is 25.9. The number of halogens is 1. The molecule has 1 saturated heterocycles. The molecule has 0 radical (unpaired) electrons. The number of hydrogen-bond acceptors (Lipinski definition) is 3. The van der Waals surface area contributed by atoms with Crippen LogP contribution in [0.1, 0.15) is 78.6 Å². The lowest BCUT2D eigenvalue weighted by Crippen LogP contribution is -2.37. The van der Waals surface area contributed by atoms with E-state index < -0.39 is 0 Å². The molecule has 0 bridgehead atoms. The number of alkyl halides is 1. The van der Waals surface area contributed by atoms with Crippen molar-refractivity contribution in [1.29, 1.82) is 0 Å². The Labute approximate surface area is 138 Å². The van der Waals surface area contributed by atoms with E-state index in [1.165, 1.54) is 26.2 Å². The number of ether oxygens (including phenoxy) is 2. The fourth-order valence-corrected chi connectivity index (χ4v) is 3.37. The summed E-state index contributed by atoms with van der Waals surface area (Å²) in [5, 5.41) is 0. The van der Waals surface area contributed by atoms with Crippen LogP contribution in [-0.4, -0.2) is 29.1 Å². The van der Waals surface area contributed by atoms with E-state index in [1.807, 2.05) is 0 Å². The lowest BCUT2D eigenvalue weighted by Gasteiger charge is -2.30. The third-order valence-corrected chi connectivity index (χ3v) is 5.43. The van der Waals surface area contributed by atoms with E-state index in [0.717, 1.165) is 38.5 Å². The Kier molecular flexibility index (Phi) is 9.57. The third kappa shape index (κ3) is 7.14. The molecule has 4 heteroatoms. The topological polar surface area (TPSA) is 35.5 Å². The van der Waals surface area contributed by atoms with E-state index in [0.29, 0.717) is 4.83 Å². The summed E-state index contributed by atoms with van der Waals surface area (Å²) in [5.41, 5.74) is 0. The van der Waals surface area contributed by atoms with Gasteiger partial charge in [-0.3, -0.25) is 4.79 Å². The average molecular weight is 363 g/mol.